The lowest BCUT2D eigenvalue weighted by molar-refractivity contribution is 0.686. The van der Waals surface area contributed by atoms with Crippen LogP contribution in [-0.4, -0.2) is 17.0 Å². The predicted octanol–water partition coefficient (Wildman–Crippen LogP) is 2.67. The molecule has 0 atom stereocenters. The fraction of sp³-hybridized carbons (Fsp3) is 0.400. The van der Waals surface area contributed by atoms with Gasteiger partial charge in [-0.1, -0.05) is 12.1 Å². The summed E-state index contributed by atoms with van der Waals surface area (Å²) in [6.07, 6.45) is 7.05. The van der Waals surface area contributed by atoms with Gasteiger partial charge in [-0.25, -0.2) is 4.98 Å². The number of hydrogen-bond donors (Lipinski definition) is 2. The van der Waals surface area contributed by atoms with Crippen LogP contribution in [0.1, 0.15) is 29.8 Å². The number of aromatic nitrogens is 2. The van der Waals surface area contributed by atoms with Gasteiger partial charge in [-0.15, -0.1) is 0 Å². The van der Waals surface area contributed by atoms with Crippen molar-refractivity contribution in [2.45, 2.75) is 32.2 Å². The summed E-state index contributed by atoms with van der Waals surface area (Å²) in [7, 11) is 1.93. The van der Waals surface area contributed by atoms with Crippen LogP contribution in [0.25, 0.3) is 11.3 Å². The van der Waals surface area contributed by atoms with Gasteiger partial charge in [0.1, 0.15) is 5.82 Å². The Morgan fingerprint density at radius 3 is 2.89 bits per heavy atom. The molecule has 1 aliphatic carbocycles. The lowest BCUT2D eigenvalue weighted by atomic mass is 9.90. The number of aromatic amines is 1. The van der Waals surface area contributed by atoms with Crippen LogP contribution in [-0.2, 0) is 19.4 Å². The number of aryl methyl sites for hydroxylation is 2. The predicted molar refractivity (Wildman–Crippen MR) is 73.4 cm³/mol. The number of fused-ring (bicyclic) bond motifs is 1. The Bertz CT molecular complexity index is 542. The molecule has 3 rings (SSSR count). The van der Waals surface area contributed by atoms with Crippen molar-refractivity contribution in [1.82, 2.24) is 15.3 Å². The Morgan fingerprint density at radius 2 is 2.06 bits per heavy atom. The van der Waals surface area contributed by atoms with Crippen molar-refractivity contribution in [3.63, 3.8) is 0 Å². The van der Waals surface area contributed by atoms with Crippen LogP contribution >= 0.6 is 0 Å². The van der Waals surface area contributed by atoms with Crippen LogP contribution in [0.2, 0.25) is 0 Å². The topological polar surface area (TPSA) is 40.7 Å². The molecule has 3 nitrogen and oxygen atoms in total. The number of benzene rings is 1. The minimum atomic E-state index is 0.783. The Morgan fingerprint density at radius 1 is 1.22 bits per heavy atom. The zero-order valence-electron chi connectivity index (χ0n) is 10.8. The van der Waals surface area contributed by atoms with Crippen LogP contribution < -0.4 is 5.32 Å². The van der Waals surface area contributed by atoms with Crippen LogP contribution in [0.3, 0.4) is 0 Å². The summed E-state index contributed by atoms with van der Waals surface area (Å²) in [5.74, 6) is 0.991. The number of nitrogens with zero attached hydrogens (tertiary/aromatic N) is 1. The molecule has 0 radical (unpaired) electrons. The van der Waals surface area contributed by atoms with E-state index in [0.29, 0.717) is 0 Å². The molecule has 2 N–H and O–H groups in total. The second kappa shape index (κ2) is 4.94. The molecule has 0 amide bonds. The van der Waals surface area contributed by atoms with Crippen molar-refractivity contribution in [1.29, 1.82) is 0 Å². The molecule has 0 bridgehead atoms. The largest absolute Gasteiger partial charge is 0.341 e. The van der Waals surface area contributed by atoms with Crippen LogP contribution in [0, 0.1) is 0 Å². The molecule has 94 valence electrons. The quantitative estimate of drug-likeness (QED) is 0.867. The van der Waals surface area contributed by atoms with E-state index in [9.17, 15) is 0 Å². The van der Waals surface area contributed by atoms with Gasteiger partial charge in [0.05, 0.1) is 18.4 Å². The minimum absolute atomic E-state index is 0.783. The number of nitrogens with one attached hydrogen (secondary N) is 2. The zero-order chi connectivity index (χ0) is 12.4. The molecular formula is C15H19N3. The van der Waals surface area contributed by atoms with Crippen molar-refractivity contribution in [3.8, 4) is 11.3 Å². The van der Waals surface area contributed by atoms with Gasteiger partial charge in [0.2, 0.25) is 0 Å². The van der Waals surface area contributed by atoms with Crippen LogP contribution in [0.5, 0.6) is 0 Å². The summed E-state index contributed by atoms with van der Waals surface area (Å²) in [4.78, 5) is 7.74. The van der Waals surface area contributed by atoms with Crippen molar-refractivity contribution in [2.75, 3.05) is 7.05 Å². The summed E-state index contributed by atoms with van der Waals surface area (Å²) in [6, 6.07) is 6.81. The second-order valence-electron chi connectivity index (χ2n) is 4.96. The lowest BCUT2D eigenvalue weighted by Crippen LogP contribution is -2.06. The monoisotopic (exact) mass is 241 g/mol. The second-order valence-corrected chi connectivity index (χ2v) is 4.96. The first-order valence-electron chi connectivity index (χ1n) is 6.67. The molecule has 18 heavy (non-hydrogen) atoms. The lowest BCUT2D eigenvalue weighted by Gasteiger charge is -2.16. The standard InChI is InChI=1S/C15H19N3/c1-16-10-15-17-9-14(18-15)13-7-6-11-4-2-3-5-12(11)8-13/h6-9,16H,2-5,10H2,1H3,(H,17,18). The van der Waals surface area contributed by atoms with Crippen molar-refractivity contribution in [2.24, 2.45) is 0 Å². The smallest absolute Gasteiger partial charge is 0.120 e. The fourth-order valence-electron chi connectivity index (χ4n) is 2.67. The van der Waals surface area contributed by atoms with E-state index in [1.165, 1.54) is 42.4 Å². The van der Waals surface area contributed by atoms with Crippen molar-refractivity contribution >= 4 is 0 Å². The maximum atomic E-state index is 4.38. The van der Waals surface area contributed by atoms with Crippen LogP contribution in [0.4, 0.5) is 0 Å². The molecule has 0 aliphatic heterocycles. The number of rotatable bonds is 3. The molecule has 0 spiro atoms. The summed E-state index contributed by atoms with van der Waals surface area (Å²) in [5, 5.41) is 3.10. The molecule has 1 aliphatic rings. The normalized spacial score (nSPS) is 14.5. The summed E-state index contributed by atoms with van der Waals surface area (Å²) in [5.41, 5.74) is 5.42. The SMILES string of the molecule is CNCc1ncc(-c2ccc3c(c2)CCCC3)[nH]1. The van der Waals surface area contributed by atoms with E-state index in [2.05, 4.69) is 33.5 Å². The molecule has 1 heterocycles. The van der Waals surface area contributed by atoms with E-state index in [0.717, 1.165) is 18.1 Å². The third-order valence-electron chi connectivity index (χ3n) is 3.63. The van der Waals surface area contributed by atoms with Crippen molar-refractivity contribution in [3.05, 3.63) is 41.3 Å². The third-order valence-corrected chi connectivity index (χ3v) is 3.63. The molecule has 1 aromatic heterocycles. The van der Waals surface area contributed by atoms with Gasteiger partial charge < -0.3 is 10.3 Å². The Labute approximate surface area is 108 Å². The van der Waals surface area contributed by atoms with Gasteiger partial charge >= 0.3 is 0 Å². The Hall–Kier alpha value is -1.61. The molecule has 0 unspecified atom stereocenters. The van der Waals surface area contributed by atoms with Gasteiger partial charge in [-0.05, 0) is 55.5 Å². The van der Waals surface area contributed by atoms with Gasteiger partial charge in [-0.3, -0.25) is 0 Å². The van der Waals surface area contributed by atoms with Gasteiger partial charge in [0.25, 0.3) is 0 Å². The van der Waals surface area contributed by atoms with E-state index in [-0.39, 0.29) is 0 Å². The first kappa shape index (κ1) is 11.5. The summed E-state index contributed by atoms with van der Waals surface area (Å²) < 4.78 is 0. The van der Waals surface area contributed by atoms with E-state index in [1.54, 1.807) is 0 Å². The average molecular weight is 241 g/mol. The van der Waals surface area contributed by atoms with E-state index in [4.69, 9.17) is 0 Å². The van der Waals surface area contributed by atoms with Gasteiger partial charge in [0.15, 0.2) is 0 Å². The van der Waals surface area contributed by atoms with Crippen LogP contribution in [0.15, 0.2) is 24.4 Å². The molecular weight excluding hydrogens is 222 g/mol. The highest BCUT2D eigenvalue weighted by molar-refractivity contribution is 5.60. The molecule has 1 aromatic carbocycles. The molecule has 0 saturated heterocycles. The van der Waals surface area contributed by atoms with E-state index < -0.39 is 0 Å². The fourth-order valence-corrected chi connectivity index (χ4v) is 2.67. The van der Waals surface area contributed by atoms with Gasteiger partial charge in [0, 0.05) is 0 Å². The van der Waals surface area contributed by atoms with Gasteiger partial charge in [-0.2, -0.15) is 0 Å². The zero-order valence-corrected chi connectivity index (χ0v) is 10.8. The average Bonchev–Trinajstić information content (AvgIpc) is 2.87. The maximum absolute atomic E-state index is 4.38. The molecule has 0 saturated carbocycles. The highest BCUT2D eigenvalue weighted by Crippen LogP contribution is 2.26. The Balaban J connectivity index is 1.91. The first-order valence-corrected chi connectivity index (χ1v) is 6.67. The highest BCUT2D eigenvalue weighted by atomic mass is 15.0. The summed E-state index contributed by atoms with van der Waals surface area (Å²) in [6.45, 7) is 0.783. The van der Waals surface area contributed by atoms with E-state index in [1.807, 2.05) is 13.2 Å². The molecule has 3 heteroatoms. The number of H-pyrrole nitrogens is 1. The number of hydrogen-bond acceptors (Lipinski definition) is 2. The maximum Gasteiger partial charge on any atom is 0.120 e. The first-order chi connectivity index (χ1) is 8.86. The highest BCUT2D eigenvalue weighted by Gasteiger charge is 2.11. The Kier molecular flexibility index (Phi) is 3.15. The number of imidazole rings is 1. The third kappa shape index (κ3) is 2.18. The molecule has 2 aromatic rings. The van der Waals surface area contributed by atoms with Crippen molar-refractivity contribution < 1.29 is 0 Å². The minimum Gasteiger partial charge on any atom is -0.341 e. The molecule has 0 fully saturated rings. The van der Waals surface area contributed by atoms with E-state index >= 15 is 0 Å². The summed E-state index contributed by atoms with van der Waals surface area (Å²) >= 11 is 0.